The van der Waals surface area contributed by atoms with Gasteiger partial charge in [-0.1, -0.05) is 12.1 Å². The topological polar surface area (TPSA) is 55.5 Å². The van der Waals surface area contributed by atoms with Crippen molar-refractivity contribution in [2.45, 2.75) is 50.6 Å². The molecule has 0 atom stereocenters. The molecule has 2 N–H and O–H groups in total. The van der Waals surface area contributed by atoms with Gasteiger partial charge in [-0.3, -0.25) is 0 Å². The van der Waals surface area contributed by atoms with E-state index < -0.39 is 0 Å². The van der Waals surface area contributed by atoms with Gasteiger partial charge in [-0.05, 0) is 32.1 Å². The molecule has 3 nitrogen and oxygen atoms in total. The highest BCUT2D eigenvalue weighted by atomic mass is 16.3. The van der Waals surface area contributed by atoms with Gasteiger partial charge in [0, 0.05) is 6.04 Å². The third kappa shape index (κ3) is 1.77. The second kappa shape index (κ2) is 3.30. The molecule has 0 aromatic rings. The summed E-state index contributed by atoms with van der Waals surface area (Å²) < 4.78 is 0. The SMILES string of the molecule is CCC1(N=O)CCC(N)CC1. The van der Waals surface area contributed by atoms with Crippen LogP contribution in [-0.4, -0.2) is 11.6 Å². The molecule has 0 saturated heterocycles. The fraction of sp³-hybridized carbons (Fsp3) is 1.00. The Morgan fingerprint density at radius 2 is 2.09 bits per heavy atom. The Morgan fingerprint density at radius 3 is 2.45 bits per heavy atom. The standard InChI is InChI=1S/C8H16N2O/c1-2-8(10-11)5-3-7(9)4-6-8/h7H,2-6,9H2,1H3. The predicted octanol–water partition coefficient (Wildman–Crippen LogP) is 1.80. The van der Waals surface area contributed by atoms with Crippen molar-refractivity contribution in [1.82, 2.24) is 0 Å². The Bertz CT molecular complexity index is 139. The first-order chi connectivity index (χ1) is 5.22. The molecule has 0 aromatic carbocycles. The van der Waals surface area contributed by atoms with Crippen molar-refractivity contribution >= 4 is 0 Å². The molecule has 0 radical (unpaired) electrons. The molecule has 0 aromatic heterocycles. The van der Waals surface area contributed by atoms with Crippen molar-refractivity contribution in [3.8, 4) is 0 Å². The fourth-order valence-electron chi connectivity index (χ4n) is 1.69. The Balaban J connectivity index is 2.52. The predicted molar refractivity (Wildman–Crippen MR) is 45.3 cm³/mol. The van der Waals surface area contributed by atoms with Gasteiger partial charge >= 0.3 is 0 Å². The molecule has 0 heterocycles. The maximum atomic E-state index is 10.5. The molecule has 0 aliphatic heterocycles. The first-order valence-electron chi connectivity index (χ1n) is 4.32. The lowest BCUT2D eigenvalue weighted by molar-refractivity contribution is 0.266. The highest BCUT2D eigenvalue weighted by molar-refractivity contribution is 4.92. The normalized spacial score (nSPS) is 38.5. The smallest absolute Gasteiger partial charge is 0.102 e. The summed E-state index contributed by atoms with van der Waals surface area (Å²) in [6.45, 7) is 2.03. The van der Waals surface area contributed by atoms with Crippen molar-refractivity contribution in [1.29, 1.82) is 0 Å². The van der Waals surface area contributed by atoms with Gasteiger partial charge < -0.3 is 5.73 Å². The number of nitroso groups, excluding NO2 is 1. The van der Waals surface area contributed by atoms with Gasteiger partial charge in [0.25, 0.3) is 0 Å². The van der Waals surface area contributed by atoms with E-state index in [9.17, 15) is 4.91 Å². The molecule has 1 rings (SSSR count). The van der Waals surface area contributed by atoms with Gasteiger partial charge in [-0.2, -0.15) is 4.91 Å². The first kappa shape index (κ1) is 8.65. The monoisotopic (exact) mass is 156 g/mol. The van der Waals surface area contributed by atoms with E-state index in [0.717, 1.165) is 32.1 Å². The van der Waals surface area contributed by atoms with Gasteiger partial charge in [-0.15, -0.1) is 0 Å². The van der Waals surface area contributed by atoms with E-state index in [-0.39, 0.29) is 5.54 Å². The maximum absolute atomic E-state index is 10.5. The van der Waals surface area contributed by atoms with E-state index in [1.807, 2.05) is 6.92 Å². The second-order valence-corrected chi connectivity index (χ2v) is 3.51. The highest BCUT2D eigenvalue weighted by Gasteiger charge is 2.33. The van der Waals surface area contributed by atoms with Crippen molar-refractivity contribution in [3.05, 3.63) is 4.91 Å². The molecular formula is C8H16N2O. The van der Waals surface area contributed by atoms with Crippen molar-refractivity contribution < 1.29 is 0 Å². The third-order valence-corrected chi connectivity index (χ3v) is 2.81. The van der Waals surface area contributed by atoms with E-state index >= 15 is 0 Å². The van der Waals surface area contributed by atoms with Crippen LogP contribution in [0.1, 0.15) is 39.0 Å². The van der Waals surface area contributed by atoms with Crippen molar-refractivity contribution in [2.75, 3.05) is 0 Å². The van der Waals surface area contributed by atoms with E-state index in [0.29, 0.717) is 6.04 Å². The average Bonchev–Trinajstić information content (AvgIpc) is 2.07. The van der Waals surface area contributed by atoms with Crippen LogP contribution in [0.4, 0.5) is 0 Å². The minimum absolute atomic E-state index is 0.268. The molecule has 11 heavy (non-hydrogen) atoms. The number of hydrogen-bond donors (Lipinski definition) is 1. The van der Waals surface area contributed by atoms with Gasteiger partial charge in [0.15, 0.2) is 0 Å². The summed E-state index contributed by atoms with van der Waals surface area (Å²) in [5.74, 6) is 0. The van der Waals surface area contributed by atoms with E-state index in [1.165, 1.54) is 0 Å². The molecule has 1 saturated carbocycles. The summed E-state index contributed by atoms with van der Waals surface area (Å²) in [6.07, 6.45) is 4.55. The molecule has 64 valence electrons. The van der Waals surface area contributed by atoms with Crippen LogP contribution in [0.2, 0.25) is 0 Å². The highest BCUT2D eigenvalue weighted by Crippen LogP contribution is 2.33. The summed E-state index contributed by atoms with van der Waals surface area (Å²) in [7, 11) is 0. The molecule has 0 unspecified atom stereocenters. The van der Waals surface area contributed by atoms with Crippen LogP contribution >= 0.6 is 0 Å². The Morgan fingerprint density at radius 1 is 1.55 bits per heavy atom. The number of nitrogens with zero attached hydrogens (tertiary/aromatic N) is 1. The van der Waals surface area contributed by atoms with E-state index in [2.05, 4.69) is 5.18 Å². The van der Waals surface area contributed by atoms with Gasteiger partial charge in [0.05, 0.1) is 0 Å². The fourth-order valence-corrected chi connectivity index (χ4v) is 1.69. The second-order valence-electron chi connectivity index (χ2n) is 3.51. The van der Waals surface area contributed by atoms with Gasteiger partial charge in [-0.25, -0.2) is 0 Å². The van der Waals surface area contributed by atoms with E-state index in [4.69, 9.17) is 5.73 Å². The van der Waals surface area contributed by atoms with Crippen LogP contribution in [0, 0.1) is 4.91 Å². The number of rotatable bonds is 2. The molecule has 1 fully saturated rings. The van der Waals surface area contributed by atoms with Crippen LogP contribution in [0.3, 0.4) is 0 Å². The molecule has 0 amide bonds. The summed E-state index contributed by atoms with van der Waals surface area (Å²) in [5.41, 5.74) is 5.45. The lowest BCUT2D eigenvalue weighted by Crippen LogP contribution is -2.36. The van der Waals surface area contributed by atoms with Crippen molar-refractivity contribution in [2.24, 2.45) is 10.9 Å². The number of nitrogens with two attached hydrogens (primary N) is 1. The Hall–Kier alpha value is -0.440. The molecule has 1 aliphatic carbocycles. The van der Waals surface area contributed by atoms with Crippen LogP contribution in [0.15, 0.2) is 5.18 Å². The molecule has 1 aliphatic rings. The van der Waals surface area contributed by atoms with Crippen LogP contribution < -0.4 is 5.73 Å². The molecule has 0 bridgehead atoms. The Labute approximate surface area is 67.3 Å². The molecule has 3 heteroatoms. The quantitative estimate of drug-likeness (QED) is 0.620. The minimum Gasteiger partial charge on any atom is -0.328 e. The first-order valence-corrected chi connectivity index (χ1v) is 4.32. The molecule has 0 spiro atoms. The third-order valence-electron chi connectivity index (χ3n) is 2.81. The zero-order valence-corrected chi connectivity index (χ0v) is 7.05. The average molecular weight is 156 g/mol. The zero-order chi connectivity index (χ0) is 8.32. The van der Waals surface area contributed by atoms with Crippen LogP contribution in [0.5, 0.6) is 0 Å². The summed E-state index contributed by atoms with van der Waals surface area (Å²) in [6, 6.07) is 0.302. The van der Waals surface area contributed by atoms with Crippen LogP contribution in [0.25, 0.3) is 0 Å². The number of hydrogen-bond acceptors (Lipinski definition) is 3. The van der Waals surface area contributed by atoms with Crippen LogP contribution in [-0.2, 0) is 0 Å². The summed E-state index contributed by atoms with van der Waals surface area (Å²) in [5, 5.41) is 3.23. The van der Waals surface area contributed by atoms with Gasteiger partial charge in [0.1, 0.15) is 5.54 Å². The molecular weight excluding hydrogens is 140 g/mol. The lowest BCUT2D eigenvalue weighted by Gasteiger charge is -2.32. The van der Waals surface area contributed by atoms with Gasteiger partial charge in [0.2, 0.25) is 0 Å². The largest absolute Gasteiger partial charge is 0.328 e. The summed E-state index contributed by atoms with van der Waals surface area (Å²) >= 11 is 0. The Kier molecular flexibility index (Phi) is 2.60. The summed E-state index contributed by atoms with van der Waals surface area (Å²) in [4.78, 5) is 10.5. The van der Waals surface area contributed by atoms with E-state index in [1.54, 1.807) is 0 Å². The maximum Gasteiger partial charge on any atom is 0.102 e. The zero-order valence-electron chi connectivity index (χ0n) is 7.05. The van der Waals surface area contributed by atoms with Crippen molar-refractivity contribution in [3.63, 3.8) is 0 Å². The minimum atomic E-state index is -0.268. The lowest BCUT2D eigenvalue weighted by atomic mass is 9.79.